The Bertz CT molecular complexity index is 546. The van der Waals surface area contributed by atoms with Crippen molar-refractivity contribution >= 4 is 11.6 Å². The number of piperidine rings is 1. The molecule has 126 valence electrons. The van der Waals surface area contributed by atoms with E-state index in [9.17, 15) is 13.6 Å². The van der Waals surface area contributed by atoms with E-state index in [1.165, 1.54) is 18.2 Å². The van der Waals surface area contributed by atoms with E-state index in [1.807, 2.05) is 0 Å². The molecule has 1 amide bonds. The molecule has 0 radical (unpaired) electrons. The normalized spacial score (nSPS) is 20.0. The average molecular weight is 326 g/mol. The van der Waals surface area contributed by atoms with Gasteiger partial charge in [-0.2, -0.15) is 0 Å². The molecule has 1 aromatic carbocycles. The third-order valence-corrected chi connectivity index (χ3v) is 4.29. The Morgan fingerprint density at radius 3 is 2.39 bits per heavy atom. The SMILES string of the molecule is O=C(CCNc1c(F)cccc1F)N1CCC2(CC1)OCCO2. The minimum atomic E-state index is -0.659. The number of para-hydroxylation sites is 1. The lowest BCUT2D eigenvalue weighted by Crippen LogP contribution is -2.47. The van der Waals surface area contributed by atoms with E-state index >= 15 is 0 Å². The van der Waals surface area contributed by atoms with Crippen LogP contribution in [0.5, 0.6) is 0 Å². The van der Waals surface area contributed by atoms with Gasteiger partial charge in [-0.15, -0.1) is 0 Å². The summed E-state index contributed by atoms with van der Waals surface area (Å²) < 4.78 is 38.2. The molecule has 2 aliphatic heterocycles. The fourth-order valence-electron chi connectivity index (χ4n) is 3.00. The molecule has 7 heteroatoms. The molecular weight excluding hydrogens is 306 g/mol. The van der Waals surface area contributed by atoms with Crippen molar-refractivity contribution in [1.82, 2.24) is 4.90 Å². The fraction of sp³-hybridized carbons (Fsp3) is 0.562. The molecule has 2 heterocycles. The molecule has 1 N–H and O–H groups in total. The van der Waals surface area contributed by atoms with Crippen LogP contribution in [0.25, 0.3) is 0 Å². The van der Waals surface area contributed by atoms with Crippen molar-refractivity contribution in [2.24, 2.45) is 0 Å². The molecule has 0 atom stereocenters. The first-order chi connectivity index (χ1) is 11.1. The van der Waals surface area contributed by atoms with E-state index in [0.29, 0.717) is 39.1 Å². The topological polar surface area (TPSA) is 50.8 Å². The maximum Gasteiger partial charge on any atom is 0.224 e. The van der Waals surface area contributed by atoms with Crippen molar-refractivity contribution in [3.8, 4) is 0 Å². The van der Waals surface area contributed by atoms with E-state index in [2.05, 4.69) is 5.32 Å². The van der Waals surface area contributed by atoms with Gasteiger partial charge < -0.3 is 19.7 Å². The molecule has 2 saturated heterocycles. The number of hydrogen-bond acceptors (Lipinski definition) is 4. The minimum absolute atomic E-state index is 0.0397. The van der Waals surface area contributed by atoms with E-state index < -0.39 is 17.4 Å². The van der Waals surface area contributed by atoms with Crippen LogP contribution in [0, 0.1) is 11.6 Å². The molecule has 1 spiro atoms. The molecule has 0 aliphatic carbocycles. The zero-order chi connectivity index (χ0) is 16.3. The highest BCUT2D eigenvalue weighted by Crippen LogP contribution is 2.31. The Morgan fingerprint density at radius 1 is 1.17 bits per heavy atom. The molecule has 0 bridgehead atoms. The van der Waals surface area contributed by atoms with Crippen LogP contribution in [0.2, 0.25) is 0 Å². The molecular formula is C16H20F2N2O3. The second-order valence-corrected chi connectivity index (χ2v) is 5.76. The van der Waals surface area contributed by atoms with Crippen LogP contribution in [-0.2, 0) is 14.3 Å². The van der Waals surface area contributed by atoms with Gasteiger partial charge in [-0.3, -0.25) is 4.79 Å². The molecule has 2 aliphatic rings. The zero-order valence-electron chi connectivity index (χ0n) is 12.8. The van der Waals surface area contributed by atoms with Crippen LogP contribution in [0.4, 0.5) is 14.5 Å². The van der Waals surface area contributed by atoms with Crippen molar-refractivity contribution in [2.45, 2.75) is 25.0 Å². The molecule has 0 unspecified atom stereocenters. The summed E-state index contributed by atoms with van der Waals surface area (Å²) in [5.41, 5.74) is -0.189. The third-order valence-electron chi connectivity index (χ3n) is 4.29. The highest BCUT2D eigenvalue weighted by atomic mass is 19.1. The van der Waals surface area contributed by atoms with Crippen molar-refractivity contribution < 1.29 is 23.0 Å². The summed E-state index contributed by atoms with van der Waals surface area (Å²) in [6, 6.07) is 3.66. The average Bonchev–Trinajstić information content (AvgIpc) is 2.99. The summed E-state index contributed by atoms with van der Waals surface area (Å²) in [6.07, 6.45) is 1.50. The van der Waals surface area contributed by atoms with E-state index in [1.54, 1.807) is 4.90 Å². The number of rotatable bonds is 4. The van der Waals surface area contributed by atoms with Gasteiger partial charge in [-0.1, -0.05) is 6.07 Å². The van der Waals surface area contributed by atoms with Crippen LogP contribution in [0.15, 0.2) is 18.2 Å². The Labute approximate surface area is 133 Å². The highest BCUT2D eigenvalue weighted by Gasteiger charge is 2.40. The van der Waals surface area contributed by atoms with Crippen LogP contribution in [0.1, 0.15) is 19.3 Å². The Balaban J connectivity index is 1.45. The number of carbonyl (C=O) groups is 1. The van der Waals surface area contributed by atoms with Gasteiger partial charge in [0, 0.05) is 38.9 Å². The number of likely N-dealkylation sites (tertiary alicyclic amines) is 1. The lowest BCUT2D eigenvalue weighted by Gasteiger charge is -2.37. The third kappa shape index (κ3) is 3.61. The zero-order valence-corrected chi connectivity index (χ0v) is 12.8. The van der Waals surface area contributed by atoms with Crippen LogP contribution in [-0.4, -0.2) is 49.4 Å². The van der Waals surface area contributed by atoms with Crippen molar-refractivity contribution in [1.29, 1.82) is 0 Å². The summed E-state index contributed by atoms with van der Waals surface area (Å²) in [7, 11) is 0. The minimum Gasteiger partial charge on any atom is -0.380 e. The Hall–Kier alpha value is -1.73. The quantitative estimate of drug-likeness (QED) is 0.921. The monoisotopic (exact) mass is 326 g/mol. The van der Waals surface area contributed by atoms with Crippen molar-refractivity contribution in [3.63, 3.8) is 0 Å². The molecule has 3 rings (SSSR count). The number of ether oxygens (including phenoxy) is 2. The van der Waals surface area contributed by atoms with Crippen LogP contribution >= 0.6 is 0 Å². The van der Waals surface area contributed by atoms with Gasteiger partial charge in [0.1, 0.15) is 17.3 Å². The fourth-order valence-corrected chi connectivity index (χ4v) is 3.00. The second kappa shape index (κ2) is 6.80. The molecule has 0 aromatic heterocycles. The van der Waals surface area contributed by atoms with Gasteiger partial charge in [-0.25, -0.2) is 8.78 Å². The number of hydrogen-bond donors (Lipinski definition) is 1. The van der Waals surface area contributed by atoms with Crippen molar-refractivity contribution in [2.75, 3.05) is 38.2 Å². The maximum atomic E-state index is 13.5. The Morgan fingerprint density at radius 2 is 1.78 bits per heavy atom. The van der Waals surface area contributed by atoms with Gasteiger partial charge in [0.2, 0.25) is 5.91 Å². The summed E-state index contributed by atoms with van der Waals surface area (Å²) in [4.78, 5) is 13.9. The lowest BCUT2D eigenvalue weighted by molar-refractivity contribution is -0.187. The van der Waals surface area contributed by atoms with Gasteiger partial charge in [0.25, 0.3) is 0 Å². The van der Waals surface area contributed by atoms with Gasteiger partial charge in [0.15, 0.2) is 5.79 Å². The first-order valence-electron chi connectivity index (χ1n) is 7.83. The summed E-state index contributed by atoms with van der Waals surface area (Å²) in [5, 5.41) is 2.65. The number of amides is 1. The largest absolute Gasteiger partial charge is 0.380 e. The number of halogens is 2. The molecule has 1 aromatic rings. The predicted molar refractivity (Wildman–Crippen MR) is 79.9 cm³/mol. The number of benzene rings is 1. The van der Waals surface area contributed by atoms with Gasteiger partial charge >= 0.3 is 0 Å². The number of carbonyl (C=O) groups excluding carboxylic acids is 1. The molecule has 0 saturated carbocycles. The van der Waals surface area contributed by atoms with E-state index in [-0.39, 0.29) is 24.6 Å². The first-order valence-corrected chi connectivity index (χ1v) is 7.83. The summed E-state index contributed by atoms with van der Waals surface area (Å²) in [6.45, 7) is 2.54. The standard InChI is InChI=1S/C16H20F2N2O3/c17-12-2-1-3-13(18)15(12)19-7-4-14(21)20-8-5-16(6-9-20)22-10-11-23-16/h1-3,19H,4-11H2. The Kier molecular flexibility index (Phi) is 4.77. The maximum absolute atomic E-state index is 13.5. The number of nitrogens with zero attached hydrogens (tertiary/aromatic N) is 1. The first kappa shape index (κ1) is 16.1. The van der Waals surface area contributed by atoms with Crippen LogP contribution < -0.4 is 5.32 Å². The van der Waals surface area contributed by atoms with Crippen molar-refractivity contribution in [3.05, 3.63) is 29.8 Å². The predicted octanol–water partition coefficient (Wildman–Crippen LogP) is 2.13. The summed E-state index contributed by atoms with van der Waals surface area (Å²) in [5.74, 6) is -1.87. The molecule has 5 nitrogen and oxygen atoms in total. The van der Waals surface area contributed by atoms with Gasteiger partial charge in [0.05, 0.1) is 13.2 Å². The smallest absolute Gasteiger partial charge is 0.224 e. The number of nitrogens with one attached hydrogen (secondary N) is 1. The summed E-state index contributed by atoms with van der Waals surface area (Å²) >= 11 is 0. The highest BCUT2D eigenvalue weighted by molar-refractivity contribution is 5.76. The molecule has 2 fully saturated rings. The van der Waals surface area contributed by atoms with Gasteiger partial charge in [-0.05, 0) is 12.1 Å². The second-order valence-electron chi connectivity index (χ2n) is 5.76. The molecule has 23 heavy (non-hydrogen) atoms. The number of anilines is 1. The van der Waals surface area contributed by atoms with Crippen LogP contribution in [0.3, 0.4) is 0 Å². The van der Waals surface area contributed by atoms with E-state index in [4.69, 9.17) is 9.47 Å². The lowest BCUT2D eigenvalue weighted by atomic mass is 10.0. The van der Waals surface area contributed by atoms with E-state index in [0.717, 1.165) is 0 Å².